The minimum atomic E-state index is -4.91. The fourth-order valence-corrected chi connectivity index (χ4v) is 3.65. The SMILES string of the molecule is CC(CONC(=O)C[C@H]1CCN(c2ncc(C(F)(F)F)cn2)C[C@@H]1O)Nc1cn[nH]c(=O)c1C(F)(F)F. The molecule has 11 nitrogen and oxygen atoms in total. The maximum absolute atomic E-state index is 13.1. The van der Waals surface area contributed by atoms with Crippen molar-refractivity contribution >= 4 is 17.5 Å². The van der Waals surface area contributed by atoms with Crippen LogP contribution in [0, 0.1) is 5.92 Å². The van der Waals surface area contributed by atoms with Crippen molar-refractivity contribution in [1.82, 2.24) is 25.6 Å². The first-order chi connectivity index (χ1) is 17.3. The van der Waals surface area contributed by atoms with Crippen molar-refractivity contribution in [3.8, 4) is 0 Å². The second kappa shape index (κ2) is 11.3. The molecule has 2 aromatic rings. The Bertz CT molecular complexity index is 1130. The van der Waals surface area contributed by atoms with Crippen LogP contribution in [0.3, 0.4) is 0 Å². The number of hydroxylamine groups is 1. The zero-order valence-electron chi connectivity index (χ0n) is 19.2. The molecule has 0 bridgehead atoms. The zero-order valence-corrected chi connectivity index (χ0v) is 19.2. The van der Waals surface area contributed by atoms with Crippen LogP contribution in [-0.2, 0) is 22.0 Å². The van der Waals surface area contributed by atoms with E-state index >= 15 is 0 Å². The molecule has 0 spiro atoms. The smallest absolute Gasteiger partial charge is 0.391 e. The van der Waals surface area contributed by atoms with E-state index < -0.39 is 58.7 Å². The summed E-state index contributed by atoms with van der Waals surface area (Å²) in [6, 6.07) is -0.762. The van der Waals surface area contributed by atoms with Crippen molar-refractivity contribution in [2.24, 2.45) is 5.92 Å². The highest BCUT2D eigenvalue weighted by Gasteiger charge is 2.38. The Morgan fingerprint density at radius 1 is 1.22 bits per heavy atom. The van der Waals surface area contributed by atoms with Crippen molar-refractivity contribution in [1.29, 1.82) is 0 Å². The number of carbonyl (C=O) groups excluding carboxylic acids is 1. The molecule has 0 saturated carbocycles. The third-order valence-electron chi connectivity index (χ3n) is 5.48. The van der Waals surface area contributed by atoms with Crippen LogP contribution >= 0.6 is 0 Å². The lowest BCUT2D eigenvalue weighted by molar-refractivity contribution is -0.139. The molecular formula is C20H23F6N7O4. The summed E-state index contributed by atoms with van der Waals surface area (Å²) in [6.07, 6.45) is -8.21. The molecule has 3 atom stereocenters. The molecule has 1 unspecified atom stereocenters. The average Bonchev–Trinajstić information content (AvgIpc) is 2.79. The first-order valence-electron chi connectivity index (χ1n) is 10.9. The van der Waals surface area contributed by atoms with Crippen LogP contribution in [-0.4, -0.2) is 63.0 Å². The van der Waals surface area contributed by atoms with Gasteiger partial charge in [-0.15, -0.1) is 0 Å². The van der Waals surface area contributed by atoms with Gasteiger partial charge in [0, 0.05) is 37.9 Å². The maximum atomic E-state index is 13.1. The summed E-state index contributed by atoms with van der Waals surface area (Å²) in [5.41, 5.74) is -2.25. The highest BCUT2D eigenvalue weighted by atomic mass is 19.4. The number of amides is 1. The van der Waals surface area contributed by atoms with Gasteiger partial charge in [-0.05, 0) is 19.3 Å². The quantitative estimate of drug-likeness (QED) is 0.291. The number of carbonyl (C=O) groups is 1. The molecule has 1 saturated heterocycles. The van der Waals surface area contributed by atoms with Crippen LogP contribution in [0.1, 0.15) is 30.9 Å². The minimum Gasteiger partial charge on any atom is -0.391 e. The molecule has 3 heterocycles. The Labute approximate surface area is 205 Å². The number of β-amino-alcohol motifs (C(OH)–C–C–N with tert-alkyl or cyclic N) is 1. The van der Waals surface area contributed by atoms with E-state index in [0.29, 0.717) is 18.8 Å². The first-order valence-corrected chi connectivity index (χ1v) is 10.9. The number of H-pyrrole nitrogens is 1. The summed E-state index contributed by atoms with van der Waals surface area (Å²) in [6.45, 7) is 1.48. The third-order valence-corrected chi connectivity index (χ3v) is 5.48. The molecule has 1 aliphatic heterocycles. The first kappa shape index (κ1) is 28.1. The number of alkyl halides is 6. The number of hydrogen-bond acceptors (Lipinski definition) is 9. The normalized spacial score (nSPS) is 19.4. The second-order valence-electron chi connectivity index (χ2n) is 8.40. The zero-order chi connectivity index (χ0) is 27.4. The lowest BCUT2D eigenvalue weighted by Crippen LogP contribution is -2.46. The number of aliphatic hydroxyl groups excluding tert-OH is 1. The molecule has 17 heteroatoms. The Morgan fingerprint density at radius 2 is 1.89 bits per heavy atom. The molecule has 1 fully saturated rings. The molecule has 4 N–H and O–H groups in total. The Balaban J connectivity index is 1.44. The van der Waals surface area contributed by atoms with Crippen molar-refractivity contribution < 1.29 is 41.1 Å². The lowest BCUT2D eigenvalue weighted by Gasteiger charge is -2.35. The van der Waals surface area contributed by atoms with Crippen LogP contribution in [0.15, 0.2) is 23.4 Å². The second-order valence-corrected chi connectivity index (χ2v) is 8.40. The number of aromatic nitrogens is 4. The van der Waals surface area contributed by atoms with E-state index in [1.807, 2.05) is 0 Å². The van der Waals surface area contributed by atoms with E-state index in [4.69, 9.17) is 4.84 Å². The highest BCUT2D eigenvalue weighted by Crippen LogP contribution is 2.32. The van der Waals surface area contributed by atoms with E-state index in [9.17, 15) is 41.0 Å². The molecule has 1 aliphatic rings. The van der Waals surface area contributed by atoms with Gasteiger partial charge in [0.05, 0.1) is 30.2 Å². The van der Waals surface area contributed by atoms with E-state index in [1.165, 1.54) is 11.8 Å². The summed E-state index contributed by atoms with van der Waals surface area (Å²) in [5.74, 6) is -1.06. The number of rotatable bonds is 8. The van der Waals surface area contributed by atoms with Gasteiger partial charge in [0.15, 0.2) is 0 Å². The number of piperidine rings is 1. The average molecular weight is 539 g/mol. The molecule has 3 rings (SSSR count). The summed E-state index contributed by atoms with van der Waals surface area (Å²) in [5, 5.41) is 17.9. The largest absolute Gasteiger partial charge is 0.423 e. The third kappa shape index (κ3) is 7.51. The molecule has 0 radical (unpaired) electrons. The summed E-state index contributed by atoms with van der Waals surface area (Å²) in [7, 11) is 0. The number of hydrogen-bond donors (Lipinski definition) is 4. The molecule has 1 amide bonds. The Hall–Kier alpha value is -3.47. The Morgan fingerprint density at radius 3 is 2.49 bits per heavy atom. The monoisotopic (exact) mass is 539 g/mol. The van der Waals surface area contributed by atoms with Gasteiger partial charge in [-0.25, -0.2) is 20.5 Å². The minimum absolute atomic E-state index is 0.00307. The van der Waals surface area contributed by atoms with Gasteiger partial charge in [-0.2, -0.15) is 31.4 Å². The van der Waals surface area contributed by atoms with Crippen LogP contribution < -0.4 is 21.3 Å². The molecule has 204 valence electrons. The van der Waals surface area contributed by atoms with E-state index in [0.717, 1.165) is 6.20 Å². The number of nitrogens with one attached hydrogen (secondary N) is 3. The van der Waals surface area contributed by atoms with Gasteiger partial charge in [-0.3, -0.25) is 14.4 Å². The maximum Gasteiger partial charge on any atom is 0.423 e. The molecule has 37 heavy (non-hydrogen) atoms. The van der Waals surface area contributed by atoms with Gasteiger partial charge < -0.3 is 15.3 Å². The van der Waals surface area contributed by atoms with Gasteiger partial charge in [0.1, 0.15) is 5.56 Å². The number of aliphatic hydroxyl groups is 1. The Kier molecular flexibility index (Phi) is 8.57. The topological polar surface area (TPSA) is 145 Å². The molecular weight excluding hydrogens is 516 g/mol. The van der Waals surface area contributed by atoms with Crippen LogP contribution in [0.5, 0.6) is 0 Å². The van der Waals surface area contributed by atoms with E-state index in [-0.39, 0.29) is 32.1 Å². The van der Waals surface area contributed by atoms with E-state index in [2.05, 4.69) is 25.9 Å². The van der Waals surface area contributed by atoms with Gasteiger partial charge >= 0.3 is 12.4 Å². The molecule has 2 aromatic heterocycles. The van der Waals surface area contributed by atoms with Gasteiger partial charge in [0.25, 0.3) is 5.56 Å². The van der Waals surface area contributed by atoms with Crippen LogP contribution in [0.25, 0.3) is 0 Å². The fraction of sp³-hybridized carbons (Fsp3) is 0.550. The van der Waals surface area contributed by atoms with Gasteiger partial charge in [-0.1, -0.05) is 0 Å². The van der Waals surface area contributed by atoms with Gasteiger partial charge in [0.2, 0.25) is 11.9 Å². The van der Waals surface area contributed by atoms with Crippen LogP contribution in [0.2, 0.25) is 0 Å². The van der Waals surface area contributed by atoms with Crippen molar-refractivity contribution in [2.75, 3.05) is 29.9 Å². The predicted molar refractivity (Wildman–Crippen MR) is 115 cm³/mol. The lowest BCUT2D eigenvalue weighted by atomic mass is 9.91. The standard InChI is InChI=1S/C20H23F6N7O4/c1-10(30-13-7-29-31-17(36)16(13)20(24,25)26)9-37-32-15(35)4-11-2-3-33(8-14(11)34)18-27-5-12(6-28-18)19(21,22)23/h5-7,10-11,14,34H,2-4,8-9H2,1H3,(H,32,35)(H2,30,31,36)/t10?,11-,14+/m1/s1. The molecule has 0 aliphatic carbocycles. The molecule has 0 aromatic carbocycles. The fourth-order valence-electron chi connectivity index (χ4n) is 3.65. The summed E-state index contributed by atoms with van der Waals surface area (Å²) in [4.78, 5) is 37.6. The number of nitrogens with zero attached hydrogens (tertiary/aromatic N) is 4. The van der Waals surface area contributed by atoms with Crippen LogP contribution in [0.4, 0.5) is 38.0 Å². The summed E-state index contributed by atoms with van der Waals surface area (Å²) >= 11 is 0. The summed E-state index contributed by atoms with van der Waals surface area (Å²) < 4.78 is 77.3. The number of anilines is 2. The highest BCUT2D eigenvalue weighted by molar-refractivity contribution is 5.75. The number of halogens is 6. The number of aromatic amines is 1. The van der Waals surface area contributed by atoms with Crippen molar-refractivity contribution in [3.63, 3.8) is 0 Å². The van der Waals surface area contributed by atoms with E-state index in [1.54, 1.807) is 5.10 Å². The van der Waals surface area contributed by atoms with Crippen molar-refractivity contribution in [3.05, 3.63) is 40.1 Å². The van der Waals surface area contributed by atoms with Crippen molar-refractivity contribution in [2.45, 2.75) is 44.3 Å². The predicted octanol–water partition coefficient (Wildman–Crippen LogP) is 1.72.